The fourth-order valence-corrected chi connectivity index (χ4v) is 5.16. The van der Waals surface area contributed by atoms with Crippen molar-refractivity contribution in [3.05, 3.63) is 43.0 Å². The van der Waals surface area contributed by atoms with Crippen LogP contribution >= 0.6 is 50.5 Å². The Hall–Kier alpha value is -0.800. The fraction of sp³-hybridized carbons (Fsp3) is 0. The lowest BCUT2D eigenvalue weighted by Crippen LogP contribution is -2.12. The molecule has 0 saturated carbocycles. The monoisotopic (exact) mass is 429 g/mol. The highest BCUT2D eigenvalue weighted by molar-refractivity contribution is 9.11. The first kappa shape index (κ1) is 16.6. The summed E-state index contributed by atoms with van der Waals surface area (Å²) in [6, 6.07) is 5.34. The van der Waals surface area contributed by atoms with Crippen molar-refractivity contribution in [2.24, 2.45) is 0 Å². The van der Waals surface area contributed by atoms with Crippen molar-refractivity contribution in [3.63, 3.8) is 0 Å². The highest BCUT2D eigenvalue weighted by Gasteiger charge is 2.23. The van der Waals surface area contributed by atoms with E-state index in [2.05, 4.69) is 20.7 Å². The predicted molar refractivity (Wildman–Crippen MR) is 86.2 cm³/mol. The zero-order chi connectivity index (χ0) is 15.8. The second-order valence-corrected chi connectivity index (χ2v) is 8.62. The Kier molecular flexibility index (Phi) is 4.84. The van der Waals surface area contributed by atoms with Crippen LogP contribution in [0.4, 0.5) is 5.69 Å². The van der Waals surface area contributed by atoms with Crippen LogP contribution in [0, 0.1) is 0 Å². The fourth-order valence-electron chi connectivity index (χ4n) is 1.41. The normalized spacial score (nSPS) is 11.4. The molecule has 0 radical (unpaired) electrons. The van der Waals surface area contributed by atoms with Crippen LogP contribution in [-0.2, 0) is 10.0 Å². The number of carboxylic acid groups (broad SMARTS) is 1. The summed E-state index contributed by atoms with van der Waals surface area (Å²) in [5.41, 5.74) is 0.222. The van der Waals surface area contributed by atoms with E-state index >= 15 is 0 Å². The summed E-state index contributed by atoms with van der Waals surface area (Å²) in [5, 5.41) is 9.38. The molecule has 0 aliphatic carbocycles. The van der Waals surface area contributed by atoms with Gasteiger partial charge in [-0.1, -0.05) is 23.2 Å². The molecule has 2 N–H and O–H groups in total. The van der Waals surface area contributed by atoms with Crippen molar-refractivity contribution < 1.29 is 18.3 Å². The van der Waals surface area contributed by atoms with Gasteiger partial charge in [-0.05, 0) is 40.2 Å². The van der Waals surface area contributed by atoms with Crippen molar-refractivity contribution >= 4 is 72.1 Å². The quantitative estimate of drug-likeness (QED) is 0.756. The van der Waals surface area contributed by atoms with E-state index in [1.807, 2.05) is 0 Å². The largest absolute Gasteiger partial charge is 0.477 e. The summed E-state index contributed by atoms with van der Waals surface area (Å²) in [6.45, 7) is 0. The highest BCUT2D eigenvalue weighted by atomic mass is 79.9. The Labute approximate surface area is 142 Å². The highest BCUT2D eigenvalue weighted by Crippen LogP contribution is 2.33. The molecule has 0 bridgehead atoms. The Morgan fingerprint density at radius 2 is 1.90 bits per heavy atom. The van der Waals surface area contributed by atoms with E-state index in [1.165, 1.54) is 18.2 Å². The molecule has 21 heavy (non-hydrogen) atoms. The number of benzene rings is 1. The topological polar surface area (TPSA) is 83.5 Å². The third kappa shape index (κ3) is 3.70. The van der Waals surface area contributed by atoms with Gasteiger partial charge in [-0.3, -0.25) is 4.72 Å². The van der Waals surface area contributed by atoms with Gasteiger partial charge in [0, 0.05) is 0 Å². The molecule has 0 aliphatic heterocycles. The summed E-state index contributed by atoms with van der Waals surface area (Å²) in [4.78, 5) is 10.6. The molecular weight excluding hydrogens is 425 g/mol. The minimum Gasteiger partial charge on any atom is -0.477 e. The van der Waals surface area contributed by atoms with Crippen LogP contribution in [0.5, 0.6) is 0 Å². The van der Waals surface area contributed by atoms with E-state index in [0.29, 0.717) is 5.02 Å². The van der Waals surface area contributed by atoms with Crippen LogP contribution in [0.1, 0.15) is 9.67 Å². The van der Waals surface area contributed by atoms with Gasteiger partial charge in [0.1, 0.15) is 9.77 Å². The predicted octanol–water partition coefficient (Wildman–Crippen LogP) is 4.32. The molecule has 0 saturated heterocycles. The number of carbonyl (C=O) groups is 1. The minimum absolute atomic E-state index is 0.0867. The van der Waals surface area contributed by atoms with Crippen LogP contribution in [0.2, 0.25) is 10.0 Å². The van der Waals surface area contributed by atoms with E-state index < -0.39 is 16.0 Å². The van der Waals surface area contributed by atoms with Gasteiger partial charge in [0.15, 0.2) is 0 Å². The zero-order valence-electron chi connectivity index (χ0n) is 9.93. The smallest absolute Gasteiger partial charge is 0.345 e. The van der Waals surface area contributed by atoms with Gasteiger partial charge in [-0.2, -0.15) is 0 Å². The third-order valence-corrected chi connectivity index (χ3v) is 6.69. The molecular formula is C11H6BrCl2NO4S2. The van der Waals surface area contributed by atoms with Crippen molar-refractivity contribution in [2.75, 3.05) is 4.72 Å². The average Bonchev–Trinajstić information content (AvgIpc) is 2.77. The maximum atomic E-state index is 12.3. The van der Waals surface area contributed by atoms with Crippen molar-refractivity contribution in [3.8, 4) is 0 Å². The number of thiophene rings is 1. The minimum atomic E-state index is -3.94. The second kappa shape index (κ2) is 6.13. The Bertz CT molecular complexity index is 820. The maximum Gasteiger partial charge on any atom is 0.345 e. The average molecular weight is 431 g/mol. The zero-order valence-corrected chi connectivity index (χ0v) is 14.7. The molecule has 0 amide bonds. The molecule has 112 valence electrons. The van der Waals surface area contributed by atoms with E-state index in [9.17, 15) is 13.2 Å². The van der Waals surface area contributed by atoms with Gasteiger partial charge in [0.05, 0.1) is 19.5 Å². The lowest BCUT2D eigenvalue weighted by atomic mass is 10.3. The molecule has 0 unspecified atom stereocenters. The summed E-state index contributed by atoms with van der Waals surface area (Å²) in [6.07, 6.45) is 0. The first-order chi connectivity index (χ1) is 9.70. The first-order valence-electron chi connectivity index (χ1n) is 5.21. The second-order valence-electron chi connectivity index (χ2n) is 3.79. The number of nitrogens with one attached hydrogen (secondary N) is 1. The molecule has 1 heterocycles. The van der Waals surface area contributed by atoms with Crippen molar-refractivity contribution in [1.29, 1.82) is 0 Å². The number of anilines is 1. The SMILES string of the molecule is O=C(O)c1cc(S(=O)(=O)Nc2ccc(Cl)c(Cl)c2)c(Br)s1. The number of hydrogen-bond acceptors (Lipinski definition) is 4. The molecule has 2 aromatic rings. The van der Waals surface area contributed by atoms with E-state index in [-0.39, 0.29) is 24.3 Å². The first-order valence-corrected chi connectivity index (χ1v) is 9.06. The van der Waals surface area contributed by atoms with E-state index in [0.717, 1.165) is 17.4 Å². The number of aromatic carboxylic acids is 1. The molecule has 1 aromatic heterocycles. The summed E-state index contributed by atoms with van der Waals surface area (Å²) >= 11 is 15.4. The molecule has 0 aliphatic rings. The van der Waals surface area contributed by atoms with Crippen LogP contribution in [0.25, 0.3) is 0 Å². The standard InChI is InChI=1S/C11H6BrCl2NO4S2/c12-10-9(4-8(20-10)11(16)17)21(18,19)15-5-1-2-6(13)7(14)3-5/h1-4,15H,(H,16,17). The van der Waals surface area contributed by atoms with E-state index in [1.54, 1.807) is 0 Å². The van der Waals surface area contributed by atoms with Crippen molar-refractivity contribution in [2.45, 2.75) is 4.90 Å². The Morgan fingerprint density at radius 3 is 2.43 bits per heavy atom. The molecule has 1 aromatic carbocycles. The third-order valence-electron chi connectivity index (χ3n) is 2.33. The number of sulfonamides is 1. The van der Waals surface area contributed by atoms with Gasteiger partial charge < -0.3 is 5.11 Å². The van der Waals surface area contributed by atoms with Gasteiger partial charge in [-0.15, -0.1) is 11.3 Å². The lowest BCUT2D eigenvalue weighted by molar-refractivity contribution is 0.0702. The van der Waals surface area contributed by atoms with Gasteiger partial charge in [0.25, 0.3) is 10.0 Å². The maximum absolute atomic E-state index is 12.3. The lowest BCUT2D eigenvalue weighted by Gasteiger charge is -2.08. The van der Waals surface area contributed by atoms with E-state index in [4.69, 9.17) is 28.3 Å². The van der Waals surface area contributed by atoms with Crippen LogP contribution in [-0.4, -0.2) is 19.5 Å². The molecule has 10 heteroatoms. The molecule has 2 rings (SSSR count). The molecule has 0 spiro atoms. The Morgan fingerprint density at radius 1 is 1.24 bits per heavy atom. The number of carboxylic acids is 1. The summed E-state index contributed by atoms with van der Waals surface area (Å²) < 4.78 is 27.0. The number of hydrogen-bond donors (Lipinski definition) is 2. The van der Waals surface area contributed by atoms with Crippen molar-refractivity contribution in [1.82, 2.24) is 0 Å². The molecule has 0 atom stereocenters. The van der Waals surface area contributed by atoms with Crippen LogP contribution < -0.4 is 4.72 Å². The molecule has 5 nitrogen and oxygen atoms in total. The van der Waals surface area contributed by atoms with Crippen LogP contribution in [0.3, 0.4) is 0 Å². The van der Waals surface area contributed by atoms with Gasteiger partial charge in [0.2, 0.25) is 0 Å². The summed E-state index contributed by atoms with van der Waals surface area (Å²) in [7, 11) is -3.94. The number of rotatable bonds is 4. The Balaban J connectivity index is 2.38. The molecule has 0 fully saturated rings. The summed E-state index contributed by atoms with van der Waals surface area (Å²) in [5.74, 6) is -1.20. The van der Waals surface area contributed by atoms with Crippen LogP contribution in [0.15, 0.2) is 32.9 Å². The number of halogens is 3. The van der Waals surface area contributed by atoms with Gasteiger partial charge >= 0.3 is 5.97 Å². The van der Waals surface area contributed by atoms with Gasteiger partial charge in [-0.25, -0.2) is 13.2 Å².